The number of allylic oxidation sites excluding steroid dienone is 1. The number of hydrogen-bond acceptors (Lipinski definition) is 8. The van der Waals surface area contributed by atoms with E-state index in [0.717, 1.165) is 22.5 Å². The Balaban J connectivity index is 1.45. The van der Waals surface area contributed by atoms with Crippen molar-refractivity contribution < 1.29 is 23.8 Å². The molecule has 206 valence electrons. The minimum atomic E-state index is -0.938. The van der Waals surface area contributed by atoms with Crippen molar-refractivity contribution in [1.82, 2.24) is 10.2 Å². The van der Waals surface area contributed by atoms with Gasteiger partial charge >= 0.3 is 0 Å². The second kappa shape index (κ2) is 12.8. The molecule has 0 radical (unpaired) electrons. The number of aliphatic hydroxyl groups is 1. The zero-order valence-electron chi connectivity index (χ0n) is 21.6. The van der Waals surface area contributed by atoms with Crippen LogP contribution in [0.5, 0.6) is 5.75 Å². The third-order valence-electron chi connectivity index (χ3n) is 6.14. The zero-order chi connectivity index (χ0) is 28.8. The zero-order valence-corrected chi connectivity index (χ0v) is 23.3. The number of carbonyl (C=O) groups excluding carboxylic acids is 2. The van der Waals surface area contributed by atoms with E-state index in [4.69, 9.17) is 4.74 Å². The van der Waals surface area contributed by atoms with Crippen LogP contribution in [0, 0.1) is 5.82 Å². The molecule has 41 heavy (non-hydrogen) atoms. The van der Waals surface area contributed by atoms with Crippen LogP contribution in [0.15, 0.2) is 113 Å². The molecule has 1 aromatic heterocycles. The summed E-state index contributed by atoms with van der Waals surface area (Å²) in [5.74, 6) is -1.09. The van der Waals surface area contributed by atoms with Gasteiger partial charge in [0.1, 0.15) is 18.2 Å². The Morgan fingerprint density at radius 2 is 1.80 bits per heavy atom. The number of benzene rings is 3. The molecule has 1 aliphatic rings. The number of anilines is 1. The summed E-state index contributed by atoms with van der Waals surface area (Å²) < 4.78 is 19.4. The van der Waals surface area contributed by atoms with Crippen molar-refractivity contribution in [2.45, 2.75) is 16.1 Å². The first-order chi connectivity index (χ1) is 19.9. The summed E-state index contributed by atoms with van der Waals surface area (Å²) >= 11 is 2.55. The summed E-state index contributed by atoms with van der Waals surface area (Å²) in [4.78, 5) is 28.1. The molecule has 2 heterocycles. The van der Waals surface area contributed by atoms with Gasteiger partial charge < -0.3 is 9.84 Å². The third-order valence-corrected chi connectivity index (χ3v) is 8.27. The molecule has 0 saturated carbocycles. The molecule has 7 nitrogen and oxygen atoms in total. The standard InChI is InChI=1S/C31H24FN3O4S2/c1-2-18-39-24-15-11-22(12-16-24)27-26(25(36)17-10-20-6-4-3-5-7-20)28(37)29(38)35(27)30-33-34-31(41-30)40-19-21-8-13-23(32)14-9-21/h2-17,27,37H,1,18-19H2/b17-10+. The highest BCUT2D eigenvalue weighted by atomic mass is 32.2. The van der Waals surface area contributed by atoms with E-state index in [1.807, 2.05) is 30.3 Å². The maximum atomic E-state index is 13.4. The van der Waals surface area contributed by atoms with Crippen molar-refractivity contribution in [2.75, 3.05) is 11.5 Å². The van der Waals surface area contributed by atoms with Crippen LogP contribution >= 0.6 is 23.1 Å². The van der Waals surface area contributed by atoms with Crippen LogP contribution in [0.3, 0.4) is 0 Å². The number of carbonyl (C=O) groups is 2. The molecule has 4 aromatic rings. The smallest absolute Gasteiger partial charge is 0.296 e. The highest BCUT2D eigenvalue weighted by molar-refractivity contribution is 8.00. The first-order valence-electron chi connectivity index (χ1n) is 12.5. The van der Waals surface area contributed by atoms with Crippen LogP contribution < -0.4 is 9.64 Å². The number of aliphatic hydroxyl groups excluding tert-OH is 1. The lowest BCUT2D eigenvalue weighted by Crippen LogP contribution is -2.30. The Morgan fingerprint density at radius 3 is 2.51 bits per heavy atom. The SMILES string of the molecule is C=CCOc1ccc(C2C(C(=O)/C=C/c3ccccc3)=C(O)C(=O)N2c2nnc(SCc3ccc(F)cc3)s2)cc1. The number of rotatable bonds is 11. The Bertz CT molecular complexity index is 1620. The molecule has 0 fully saturated rings. The highest BCUT2D eigenvalue weighted by Crippen LogP contribution is 2.43. The third kappa shape index (κ3) is 6.45. The number of halogens is 1. The summed E-state index contributed by atoms with van der Waals surface area (Å²) in [5.41, 5.74) is 2.23. The average Bonchev–Trinajstić information content (AvgIpc) is 3.57. The number of aromatic nitrogens is 2. The Morgan fingerprint density at radius 1 is 1.07 bits per heavy atom. The van der Waals surface area contributed by atoms with Crippen molar-refractivity contribution in [3.8, 4) is 5.75 Å². The molecule has 1 unspecified atom stereocenters. The molecule has 0 spiro atoms. The molecule has 1 amide bonds. The molecule has 3 aromatic carbocycles. The predicted octanol–water partition coefficient (Wildman–Crippen LogP) is 6.72. The maximum absolute atomic E-state index is 13.4. The van der Waals surface area contributed by atoms with Crippen LogP contribution in [-0.4, -0.2) is 33.6 Å². The van der Waals surface area contributed by atoms with Gasteiger partial charge in [-0.15, -0.1) is 10.2 Å². The quantitative estimate of drug-likeness (QED) is 0.0904. The summed E-state index contributed by atoms with van der Waals surface area (Å²) in [5, 5.41) is 19.6. The van der Waals surface area contributed by atoms with E-state index in [0.29, 0.717) is 28.0 Å². The van der Waals surface area contributed by atoms with E-state index < -0.39 is 23.5 Å². The number of ketones is 1. The summed E-state index contributed by atoms with van der Waals surface area (Å²) in [6.07, 6.45) is 4.60. The van der Waals surface area contributed by atoms with Crippen LogP contribution in [-0.2, 0) is 15.3 Å². The van der Waals surface area contributed by atoms with Crippen LogP contribution in [0.1, 0.15) is 22.7 Å². The molecule has 1 atom stereocenters. The Labute approximate surface area is 244 Å². The van der Waals surface area contributed by atoms with Crippen molar-refractivity contribution >= 4 is 46.0 Å². The lowest BCUT2D eigenvalue weighted by atomic mass is 9.95. The largest absolute Gasteiger partial charge is 0.503 e. The second-order valence-electron chi connectivity index (χ2n) is 8.88. The van der Waals surface area contributed by atoms with Crippen molar-refractivity contribution in [2.24, 2.45) is 0 Å². The lowest BCUT2D eigenvalue weighted by Gasteiger charge is -2.24. The molecular formula is C31H24FN3O4S2. The van der Waals surface area contributed by atoms with Gasteiger partial charge in [0, 0.05) is 5.75 Å². The summed E-state index contributed by atoms with van der Waals surface area (Å²) in [6, 6.07) is 21.4. The van der Waals surface area contributed by atoms with E-state index >= 15 is 0 Å². The van der Waals surface area contributed by atoms with E-state index in [-0.39, 0.29) is 16.5 Å². The van der Waals surface area contributed by atoms with E-state index in [2.05, 4.69) is 16.8 Å². The van der Waals surface area contributed by atoms with E-state index in [1.165, 1.54) is 34.9 Å². The molecular weight excluding hydrogens is 561 g/mol. The van der Waals surface area contributed by atoms with E-state index in [9.17, 15) is 19.1 Å². The summed E-state index contributed by atoms with van der Waals surface area (Å²) in [6.45, 7) is 3.97. The molecule has 1 N–H and O–H groups in total. The molecule has 0 saturated heterocycles. The van der Waals surface area contributed by atoms with Crippen LogP contribution in [0.2, 0.25) is 0 Å². The first kappa shape index (κ1) is 28.0. The van der Waals surface area contributed by atoms with Gasteiger partial charge in [-0.1, -0.05) is 96.4 Å². The van der Waals surface area contributed by atoms with Crippen molar-refractivity contribution in [3.63, 3.8) is 0 Å². The molecule has 0 aliphatic carbocycles. The van der Waals surface area contributed by atoms with Gasteiger partial charge in [-0.05, 0) is 47.0 Å². The Hall–Kier alpha value is -4.54. The molecule has 0 bridgehead atoms. The first-order valence-corrected chi connectivity index (χ1v) is 14.3. The number of ether oxygens (including phenoxy) is 1. The number of amides is 1. The number of thioether (sulfide) groups is 1. The Kier molecular flexibility index (Phi) is 8.71. The van der Waals surface area contributed by atoms with Gasteiger partial charge in [0.05, 0.1) is 11.6 Å². The van der Waals surface area contributed by atoms with Gasteiger partial charge in [0.15, 0.2) is 15.9 Å². The molecule has 1 aliphatic heterocycles. The lowest BCUT2D eigenvalue weighted by molar-refractivity contribution is -0.117. The predicted molar refractivity (Wildman–Crippen MR) is 158 cm³/mol. The maximum Gasteiger partial charge on any atom is 0.296 e. The number of nitrogens with zero attached hydrogens (tertiary/aromatic N) is 3. The number of hydrogen-bond donors (Lipinski definition) is 1. The normalized spacial score (nSPS) is 15.1. The van der Waals surface area contributed by atoms with Gasteiger partial charge in [-0.3, -0.25) is 14.5 Å². The van der Waals surface area contributed by atoms with Crippen LogP contribution in [0.25, 0.3) is 6.08 Å². The fourth-order valence-corrected chi connectivity index (χ4v) is 6.00. The van der Waals surface area contributed by atoms with Crippen LogP contribution in [0.4, 0.5) is 9.52 Å². The van der Waals surface area contributed by atoms with Crippen molar-refractivity contribution in [3.05, 3.63) is 131 Å². The fraction of sp³-hybridized carbons (Fsp3) is 0.0968. The molecule has 5 rings (SSSR count). The highest BCUT2D eigenvalue weighted by Gasteiger charge is 2.45. The van der Waals surface area contributed by atoms with E-state index in [1.54, 1.807) is 48.6 Å². The average molecular weight is 586 g/mol. The second-order valence-corrected chi connectivity index (χ2v) is 11.1. The monoisotopic (exact) mass is 585 g/mol. The van der Waals surface area contributed by atoms with Gasteiger partial charge in [-0.2, -0.15) is 0 Å². The topological polar surface area (TPSA) is 92.6 Å². The van der Waals surface area contributed by atoms with Gasteiger partial charge in [0.2, 0.25) is 5.13 Å². The minimum Gasteiger partial charge on any atom is -0.503 e. The fourth-order valence-electron chi connectivity index (χ4n) is 4.18. The minimum absolute atomic E-state index is 0.0577. The summed E-state index contributed by atoms with van der Waals surface area (Å²) in [7, 11) is 0. The molecule has 10 heteroatoms. The van der Waals surface area contributed by atoms with Gasteiger partial charge in [-0.25, -0.2) is 4.39 Å². The van der Waals surface area contributed by atoms with Crippen molar-refractivity contribution in [1.29, 1.82) is 0 Å². The van der Waals surface area contributed by atoms with Gasteiger partial charge in [0.25, 0.3) is 5.91 Å².